The van der Waals surface area contributed by atoms with Crippen LogP contribution >= 0.6 is 0 Å². The summed E-state index contributed by atoms with van der Waals surface area (Å²) in [7, 11) is 1.84. The van der Waals surface area contributed by atoms with Crippen LogP contribution in [0.4, 0.5) is 0 Å². The summed E-state index contributed by atoms with van der Waals surface area (Å²) in [6.45, 7) is 0. The van der Waals surface area contributed by atoms with Gasteiger partial charge < -0.3 is 0 Å². The molecule has 0 unspecified atom stereocenters. The van der Waals surface area contributed by atoms with Gasteiger partial charge in [0.1, 0.15) is 0 Å². The lowest BCUT2D eigenvalue weighted by Crippen LogP contribution is -2.20. The Morgan fingerprint density at radius 3 is 1.41 bits per heavy atom. The highest BCUT2D eigenvalue weighted by Crippen LogP contribution is 2.44. The minimum atomic E-state index is -0.0512. The lowest BCUT2D eigenvalue weighted by Gasteiger charge is -2.18. The van der Waals surface area contributed by atoms with Crippen LogP contribution in [0.3, 0.4) is 0 Å². The molecule has 0 bridgehead atoms. The van der Waals surface area contributed by atoms with E-state index in [1.54, 1.807) is 9.13 Å². The number of hydrogen-bond donors (Lipinski definition) is 0. The number of aromatic nitrogens is 2. The molecule has 9 aromatic carbocycles. The average molecular weight is 653 g/mol. The number of rotatable bonds is 4. The Morgan fingerprint density at radius 2 is 0.804 bits per heavy atom. The average Bonchev–Trinajstić information content (AvgIpc) is 3.44. The summed E-state index contributed by atoms with van der Waals surface area (Å²) >= 11 is 0. The van der Waals surface area contributed by atoms with Crippen molar-refractivity contribution in [2.45, 2.75) is 0 Å². The fourth-order valence-electron chi connectivity index (χ4n) is 8.02. The first kappa shape index (κ1) is 29.2. The van der Waals surface area contributed by atoms with Crippen LogP contribution in [-0.4, -0.2) is 9.13 Å². The van der Waals surface area contributed by atoms with Crippen molar-refractivity contribution < 1.29 is 0 Å². The van der Waals surface area contributed by atoms with Crippen molar-refractivity contribution in [3.05, 3.63) is 186 Å². The summed E-state index contributed by atoms with van der Waals surface area (Å²) in [6, 6.07) is 62.7. The SMILES string of the molecule is Cn1c(=O)n(-c2ccccc2)c2ccc(-c3ccc4cc(-c5c6ccccc6c(-c6ccc7ccccc7c6)c6ccccc56)ccc4c3)cc21. The van der Waals surface area contributed by atoms with E-state index < -0.39 is 0 Å². The van der Waals surface area contributed by atoms with Gasteiger partial charge in [0.2, 0.25) is 0 Å². The van der Waals surface area contributed by atoms with E-state index in [0.29, 0.717) is 0 Å². The first-order valence-electron chi connectivity index (χ1n) is 17.4. The maximum Gasteiger partial charge on any atom is 0.333 e. The van der Waals surface area contributed by atoms with Crippen molar-refractivity contribution in [2.24, 2.45) is 7.05 Å². The summed E-state index contributed by atoms with van der Waals surface area (Å²) in [5.41, 5.74) is 9.77. The lowest BCUT2D eigenvalue weighted by molar-refractivity contribution is 0.846. The van der Waals surface area contributed by atoms with Crippen LogP contribution < -0.4 is 5.69 Å². The Bertz CT molecular complexity index is 3000. The van der Waals surface area contributed by atoms with Gasteiger partial charge in [0.05, 0.1) is 16.7 Å². The molecule has 1 aromatic heterocycles. The van der Waals surface area contributed by atoms with Crippen LogP contribution in [0.5, 0.6) is 0 Å². The Kier molecular flexibility index (Phi) is 6.55. The highest BCUT2D eigenvalue weighted by atomic mass is 16.1. The molecule has 0 fully saturated rings. The van der Waals surface area contributed by atoms with E-state index in [2.05, 4.69) is 146 Å². The zero-order valence-corrected chi connectivity index (χ0v) is 28.0. The molecule has 0 atom stereocenters. The minimum Gasteiger partial charge on any atom is -0.295 e. The van der Waals surface area contributed by atoms with Crippen molar-refractivity contribution in [3.63, 3.8) is 0 Å². The molecule has 0 N–H and O–H groups in total. The van der Waals surface area contributed by atoms with E-state index in [0.717, 1.165) is 27.8 Å². The molecule has 0 aliphatic carbocycles. The van der Waals surface area contributed by atoms with Crippen molar-refractivity contribution in [3.8, 4) is 39.1 Å². The second kappa shape index (κ2) is 11.4. The van der Waals surface area contributed by atoms with Crippen LogP contribution in [0, 0.1) is 0 Å². The fraction of sp³-hybridized carbons (Fsp3) is 0.0208. The largest absolute Gasteiger partial charge is 0.333 e. The van der Waals surface area contributed by atoms with Crippen molar-refractivity contribution in [1.29, 1.82) is 0 Å². The Labute approximate surface area is 294 Å². The molecule has 0 aliphatic rings. The van der Waals surface area contributed by atoms with Crippen LogP contribution in [-0.2, 0) is 7.05 Å². The lowest BCUT2D eigenvalue weighted by atomic mass is 9.85. The monoisotopic (exact) mass is 652 g/mol. The number of hydrogen-bond acceptors (Lipinski definition) is 1. The summed E-state index contributed by atoms with van der Waals surface area (Å²) in [4.78, 5) is 13.3. The van der Waals surface area contributed by atoms with E-state index in [9.17, 15) is 4.79 Å². The second-order valence-electron chi connectivity index (χ2n) is 13.4. The molecule has 0 saturated heterocycles. The molecule has 1 heterocycles. The summed E-state index contributed by atoms with van der Waals surface area (Å²) in [5, 5.41) is 9.86. The van der Waals surface area contributed by atoms with Crippen molar-refractivity contribution in [1.82, 2.24) is 9.13 Å². The van der Waals surface area contributed by atoms with E-state index in [4.69, 9.17) is 0 Å². The highest BCUT2D eigenvalue weighted by molar-refractivity contribution is 6.22. The molecule has 3 nitrogen and oxygen atoms in total. The molecule has 3 heteroatoms. The van der Waals surface area contributed by atoms with Gasteiger partial charge in [-0.25, -0.2) is 4.79 Å². The maximum atomic E-state index is 13.3. The molecule has 0 radical (unpaired) electrons. The third kappa shape index (κ3) is 4.63. The predicted octanol–water partition coefficient (Wildman–Crippen LogP) is 11.9. The van der Waals surface area contributed by atoms with E-state index in [1.165, 1.54) is 65.3 Å². The first-order chi connectivity index (χ1) is 25.1. The third-order valence-corrected chi connectivity index (χ3v) is 10.5. The molecule has 0 saturated carbocycles. The summed E-state index contributed by atoms with van der Waals surface area (Å²) in [6.07, 6.45) is 0. The molecular formula is C48H32N2O. The molecule has 0 aliphatic heterocycles. The number of para-hydroxylation sites is 1. The zero-order valence-electron chi connectivity index (χ0n) is 28.0. The standard InChI is InChI=1S/C48H32N2O/c1-49-45-30-36(25-26-44(45)50(48(49)51)39-13-3-2-4-14-39)34-20-21-35-29-38(24-22-33(35)27-34)47-42-17-9-7-15-40(42)46(41-16-8-10-18-43(41)47)37-23-19-31-11-5-6-12-32(31)28-37/h2-30H,1H3. The Hall–Kier alpha value is -6.71. The van der Waals surface area contributed by atoms with Crippen LogP contribution in [0.15, 0.2) is 181 Å². The van der Waals surface area contributed by atoms with E-state index in [-0.39, 0.29) is 5.69 Å². The number of nitrogens with zero attached hydrogens (tertiary/aromatic N) is 2. The maximum absolute atomic E-state index is 13.3. The predicted molar refractivity (Wildman–Crippen MR) is 215 cm³/mol. The molecule has 10 aromatic rings. The van der Waals surface area contributed by atoms with Crippen LogP contribution in [0.1, 0.15) is 0 Å². The summed E-state index contributed by atoms with van der Waals surface area (Å²) < 4.78 is 3.52. The number of imidazole rings is 1. The van der Waals surface area contributed by atoms with Gasteiger partial charge in [-0.15, -0.1) is 0 Å². The summed E-state index contributed by atoms with van der Waals surface area (Å²) in [5.74, 6) is 0. The van der Waals surface area contributed by atoms with E-state index in [1.807, 2.05) is 37.4 Å². The van der Waals surface area contributed by atoms with Crippen molar-refractivity contribution in [2.75, 3.05) is 0 Å². The second-order valence-corrected chi connectivity index (χ2v) is 13.4. The van der Waals surface area contributed by atoms with Crippen molar-refractivity contribution >= 4 is 54.1 Å². The van der Waals surface area contributed by atoms with Gasteiger partial charge in [0, 0.05) is 7.05 Å². The number of aryl methyl sites for hydroxylation is 1. The number of fused-ring (bicyclic) bond motifs is 5. The van der Waals surface area contributed by atoms with Gasteiger partial charge in [-0.05, 0) is 119 Å². The van der Waals surface area contributed by atoms with Gasteiger partial charge in [-0.1, -0.05) is 133 Å². The van der Waals surface area contributed by atoms with Gasteiger partial charge >= 0.3 is 5.69 Å². The zero-order chi connectivity index (χ0) is 34.1. The van der Waals surface area contributed by atoms with Gasteiger partial charge in [-0.2, -0.15) is 0 Å². The van der Waals surface area contributed by atoms with E-state index >= 15 is 0 Å². The molecule has 240 valence electrons. The highest BCUT2D eigenvalue weighted by Gasteiger charge is 2.18. The molecule has 0 spiro atoms. The first-order valence-corrected chi connectivity index (χ1v) is 17.4. The molecule has 0 amide bonds. The fourth-order valence-corrected chi connectivity index (χ4v) is 8.02. The topological polar surface area (TPSA) is 26.9 Å². The quantitative estimate of drug-likeness (QED) is 0.174. The Morgan fingerprint density at radius 1 is 0.373 bits per heavy atom. The van der Waals surface area contributed by atoms with Crippen LogP contribution in [0.25, 0.3) is 93.2 Å². The Balaban J connectivity index is 1.10. The third-order valence-electron chi connectivity index (χ3n) is 10.5. The molecule has 51 heavy (non-hydrogen) atoms. The molecular weight excluding hydrogens is 621 g/mol. The van der Waals surface area contributed by atoms with Gasteiger partial charge in [-0.3, -0.25) is 9.13 Å². The van der Waals surface area contributed by atoms with Crippen LogP contribution in [0.2, 0.25) is 0 Å². The van der Waals surface area contributed by atoms with Gasteiger partial charge in [0.15, 0.2) is 0 Å². The molecule has 10 rings (SSSR count). The van der Waals surface area contributed by atoms with Gasteiger partial charge in [0.25, 0.3) is 0 Å². The number of benzene rings is 9. The minimum absolute atomic E-state index is 0.0512. The smallest absolute Gasteiger partial charge is 0.295 e. The normalized spacial score (nSPS) is 11.7.